The van der Waals surface area contributed by atoms with Crippen LogP contribution in [0, 0.1) is 0 Å². The topological polar surface area (TPSA) is 47.9 Å². The van der Waals surface area contributed by atoms with E-state index in [1.54, 1.807) is 0 Å². The second kappa shape index (κ2) is 12.7. The summed E-state index contributed by atoms with van der Waals surface area (Å²) >= 11 is 0. The number of benzene rings is 1. The molecule has 0 aromatic heterocycles. The summed E-state index contributed by atoms with van der Waals surface area (Å²) in [7, 11) is 0.975. The van der Waals surface area contributed by atoms with Crippen LogP contribution in [-0.4, -0.2) is 71.5 Å². The number of hydrogen-bond donors (Lipinski definition) is 1. The normalized spacial score (nSPS) is 18.7. The maximum absolute atomic E-state index is 12.2. The molecule has 0 saturated carbocycles. The van der Waals surface area contributed by atoms with Crippen LogP contribution in [0.5, 0.6) is 0 Å². The van der Waals surface area contributed by atoms with Gasteiger partial charge in [-0.3, -0.25) is 14.1 Å². The third-order valence-corrected chi connectivity index (χ3v) is 6.10. The summed E-state index contributed by atoms with van der Waals surface area (Å²) in [6, 6.07) is 10.6. The van der Waals surface area contributed by atoms with Crippen molar-refractivity contribution in [1.29, 1.82) is 0 Å². The van der Waals surface area contributed by atoms with Crippen LogP contribution in [0.4, 0.5) is 0 Å². The molecule has 0 amide bonds. The van der Waals surface area contributed by atoms with Gasteiger partial charge >= 0.3 is 0 Å². The highest BCUT2D eigenvalue weighted by molar-refractivity contribution is 14.0. The summed E-state index contributed by atoms with van der Waals surface area (Å²) in [6.07, 6.45) is 1.18. The third kappa shape index (κ3) is 7.15. The van der Waals surface area contributed by atoms with Crippen molar-refractivity contribution in [3.63, 3.8) is 0 Å². The highest BCUT2D eigenvalue weighted by atomic mass is 127. The van der Waals surface area contributed by atoms with Crippen LogP contribution >= 0.6 is 24.0 Å². The fourth-order valence-electron chi connectivity index (χ4n) is 3.41. The van der Waals surface area contributed by atoms with Crippen molar-refractivity contribution in [2.75, 3.05) is 45.5 Å². The smallest absolute Gasteiger partial charge is 0.193 e. The molecule has 0 aliphatic carbocycles. The molecule has 7 heteroatoms. The zero-order chi connectivity index (χ0) is 18.1. The van der Waals surface area contributed by atoms with Gasteiger partial charge in [0.15, 0.2) is 5.96 Å². The van der Waals surface area contributed by atoms with Crippen molar-refractivity contribution in [2.45, 2.75) is 32.1 Å². The van der Waals surface area contributed by atoms with Crippen molar-refractivity contribution >= 4 is 40.7 Å². The first-order valence-corrected chi connectivity index (χ1v) is 10.7. The lowest BCUT2D eigenvalue weighted by atomic mass is 10.2. The monoisotopic (exact) mass is 492 g/mol. The van der Waals surface area contributed by atoms with Crippen LogP contribution in [0.15, 0.2) is 35.3 Å². The van der Waals surface area contributed by atoms with Gasteiger partial charge in [0.1, 0.15) is 0 Å². The van der Waals surface area contributed by atoms with Gasteiger partial charge in [0.2, 0.25) is 0 Å². The van der Waals surface area contributed by atoms with E-state index in [0.29, 0.717) is 24.1 Å². The zero-order valence-electron chi connectivity index (χ0n) is 16.2. The molecule has 1 aliphatic heterocycles. The molecule has 0 radical (unpaired) electrons. The number of halogens is 1. The third-order valence-electron chi connectivity index (χ3n) is 4.79. The number of nitrogens with zero attached hydrogens (tertiary/aromatic N) is 3. The van der Waals surface area contributed by atoms with E-state index >= 15 is 0 Å². The lowest BCUT2D eigenvalue weighted by Crippen LogP contribution is -2.44. The highest BCUT2D eigenvalue weighted by Crippen LogP contribution is 2.15. The molecule has 1 N–H and O–H groups in total. The average Bonchev–Trinajstić information content (AvgIpc) is 3.10. The summed E-state index contributed by atoms with van der Waals surface area (Å²) in [5.74, 6) is 2.20. The zero-order valence-corrected chi connectivity index (χ0v) is 19.3. The summed E-state index contributed by atoms with van der Waals surface area (Å²) in [5.41, 5.74) is 1.13. The van der Waals surface area contributed by atoms with Crippen molar-refractivity contribution in [3.05, 3.63) is 35.9 Å². The molecule has 1 heterocycles. The minimum absolute atomic E-state index is 0. The van der Waals surface area contributed by atoms with Gasteiger partial charge in [0.05, 0.1) is 0 Å². The van der Waals surface area contributed by atoms with Gasteiger partial charge in [-0.1, -0.05) is 44.2 Å². The first-order valence-electron chi connectivity index (χ1n) is 9.26. The minimum Gasteiger partial charge on any atom is -0.355 e. The van der Waals surface area contributed by atoms with E-state index in [-0.39, 0.29) is 24.0 Å². The van der Waals surface area contributed by atoms with Gasteiger partial charge in [-0.2, -0.15) is 0 Å². The van der Waals surface area contributed by atoms with Crippen molar-refractivity contribution < 1.29 is 4.21 Å². The maximum Gasteiger partial charge on any atom is 0.193 e. The second-order valence-corrected chi connectivity index (χ2v) is 7.93. The number of nitrogens with one attached hydrogen (secondary N) is 1. The Kier molecular flexibility index (Phi) is 11.4. The van der Waals surface area contributed by atoms with E-state index in [4.69, 9.17) is 0 Å². The molecular weight excluding hydrogens is 459 g/mol. The predicted octanol–water partition coefficient (Wildman–Crippen LogP) is 2.54. The molecule has 0 spiro atoms. The fraction of sp³-hybridized carbons (Fsp3) is 0.632. The molecule has 2 atom stereocenters. The maximum atomic E-state index is 12.2. The summed E-state index contributed by atoms with van der Waals surface area (Å²) in [5, 5.41) is 3.39. The van der Waals surface area contributed by atoms with Crippen LogP contribution in [0.1, 0.15) is 25.8 Å². The Bertz CT molecular complexity index is 566. The number of aliphatic imine (C=N–C) groups is 1. The number of rotatable bonds is 8. The SMILES string of the molecule is CCN(CC)C1CCN(C(=NC)NCCS(=O)Cc2ccccc2)C1.I. The summed E-state index contributed by atoms with van der Waals surface area (Å²) in [4.78, 5) is 9.25. The Balaban J connectivity index is 0.00000338. The summed E-state index contributed by atoms with van der Waals surface area (Å²) < 4.78 is 12.2. The molecule has 0 bridgehead atoms. The van der Waals surface area contributed by atoms with Crippen LogP contribution in [0.3, 0.4) is 0 Å². The average molecular weight is 492 g/mol. The number of likely N-dealkylation sites (N-methyl/N-ethyl adjacent to an activating group) is 1. The van der Waals surface area contributed by atoms with Crippen LogP contribution in [0.2, 0.25) is 0 Å². The standard InChI is InChI=1S/C19H32N4OS.HI/c1-4-22(5-2)18-11-13-23(15-18)19(20-3)21-12-14-25(24)16-17-9-7-6-8-10-17;/h6-10,18H,4-5,11-16H2,1-3H3,(H,20,21);1H. The van der Waals surface area contributed by atoms with Gasteiger partial charge in [-0.25, -0.2) is 0 Å². The largest absolute Gasteiger partial charge is 0.355 e. The Hall–Kier alpha value is -0.670. The van der Waals surface area contributed by atoms with E-state index in [1.807, 2.05) is 37.4 Å². The van der Waals surface area contributed by atoms with Crippen LogP contribution in [0.25, 0.3) is 0 Å². The second-order valence-electron chi connectivity index (χ2n) is 6.36. The Morgan fingerprint density at radius 2 is 2.00 bits per heavy atom. The molecule has 2 rings (SSSR count). The Morgan fingerprint density at radius 3 is 2.62 bits per heavy atom. The number of likely N-dealkylation sites (tertiary alicyclic amines) is 1. The molecule has 1 saturated heterocycles. The predicted molar refractivity (Wildman–Crippen MR) is 123 cm³/mol. The van der Waals surface area contributed by atoms with E-state index < -0.39 is 10.8 Å². The van der Waals surface area contributed by atoms with E-state index in [9.17, 15) is 4.21 Å². The van der Waals surface area contributed by atoms with Gasteiger partial charge in [-0.05, 0) is 25.1 Å². The molecule has 148 valence electrons. The van der Waals surface area contributed by atoms with Crippen molar-refractivity contribution in [2.24, 2.45) is 4.99 Å². The van der Waals surface area contributed by atoms with Crippen LogP contribution < -0.4 is 5.32 Å². The van der Waals surface area contributed by atoms with E-state index in [0.717, 1.165) is 37.7 Å². The Labute approximate surface area is 178 Å². The van der Waals surface area contributed by atoms with Gasteiger partial charge in [0, 0.05) is 55.0 Å². The number of hydrogen-bond acceptors (Lipinski definition) is 3. The quantitative estimate of drug-likeness (QED) is 0.344. The van der Waals surface area contributed by atoms with Crippen molar-refractivity contribution in [1.82, 2.24) is 15.1 Å². The molecule has 26 heavy (non-hydrogen) atoms. The lowest BCUT2D eigenvalue weighted by molar-refractivity contribution is 0.223. The Morgan fingerprint density at radius 1 is 1.31 bits per heavy atom. The molecule has 5 nitrogen and oxygen atoms in total. The highest BCUT2D eigenvalue weighted by Gasteiger charge is 2.27. The summed E-state index contributed by atoms with van der Waals surface area (Å²) in [6.45, 7) is 9.39. The number of guanidine groups is 1. The molecule has 2 unspecified atom stereocenters. The molecule has 1 fully saturated rings. The first kappa shape index (κ1) is 23.4. The van der Waals surface area contributed by atoms with Crippen molar-refractivity contribution in [3.8, 4) is 0 Å². The van der Waals surface area contributed by atoms with E-state index in [1.165, 1.54) is 6.42 Å². The first-order chi connectivity index (χ1) is 12.2. The van der Waals surface area contributed by atoms with Gasteiger partial charge in [0.25, 0.3) is 0 Å². The minimum atomic E-state index is -0.852. The van der Waals surface area contributed by atoms with E-state index in [2.05, 4.69) is 34.0 Å². The fourth-order valence-corrected chi connectivity index (χ4v) is 4.45. The molecule has 1 aromatic rings. The molecule has 1 aromatic carbocycles. The lowest BCUT2D eigenvalue weighted by Gasteiger charge is -2.27. The molecule has 1 aliphatic rings. The van der Waals surface area contributed by atoms with Gasteiger partial charge in [-0.15, -0.1) is 24.0 Å². The van der Waals surface area contributed by atoms with Gasteiger partial charge < -0.3 is 10.2 Å². The molecular formula is C19H33IN4OS. The van der Waals surface area contributed by atoms with Crippen LogP contribution in [-0.2, 0) is 16.6 Å².